The van der Waals surface area contributed by atoms with Crippen LogP contribution in [0.3, 0.4) is 0 Å². The molecule has 2 aromatic carbocycles. The van der Waals surface area contributed by atoms with Gasteiger partial charge in [-0.15, -0.1) is 0 Å². The van der Waals surface area contributed by atoms with Crippen molar-refractivity contribution in [1.29, 1.82) is 0 Å². The summed E-state index contributed by atoms with van der Waals surface area (Å²) in [5.74, 6) is -13.7. The number of benzene rings is 2. The Hall–Kier alpha value is -9.47. The predicted molar refractivity (Wildman–Crippen MR) is 413 cm³/mol. The highest BCUT2D eigenvalue weighted by Crippen LogP contribution is 2.22. The fraction of sp³-hybridized carbons (Fsp3) is 0.603. The van der Waals surface area contributed by atoms with Crippen LogP contribution in [0.2, 0.25) is 0 Å². The number of aromatic nitrogens is 2. The number of aliphatic hydroxyl groups is 2. The molecule has 38 heteroatoms. The summed E-state index contributed by atoms with van der Waals surface area (Å²) in [7, 11) is 0. The number of carboxylic acids is 2. The smallest absolute Gasteiger partial charge is 0.326 e. The van der Waals surface area contributed by atoms with Gasteiger partial charge in [-0.05, 0) is 149 Å². The Morgan fingerprint density at radius 1 is 0.505 bits per heavy atom. The van der Waals surface area contributed by atoms with Crippen LogP contribution in [0.5, 0.6) is 5.75 Å². The Balaban J connectivity index is 1.56. The van der Waals surface area contributed by atoms with Crippen molar-refractivity contribution in [2.45, 2.75) is 209 Å². The normalized spacial score (nSPS) is 15.9. The number of carbonyl (C=O) groups excluding carboxylic acids is 12. The monoisotopic (exact) mass is 1600 g/mol. The molecule has 23 N–H and O–H groups in total. The van der Waals surface area contributed by atoms with Crippen molar-refractivity contribution in [1.82, 2.24) is 73.4 Å². The molecule has 2 heterocycles. The number of aliphatic hydroxyl groups excluding tert-OH is 2. The second-order valence-electron chi connectivity index (χ2n) is 28.0. The minimum absolute atomic E-state index is 0.0155. The number of phenolic OH excluding ortho intramolecular Hbond substituents is 1. The van der Waals surface area contributed by atoms with Gasteiger partial charge in [-0.25, -0.2) is 9.78 Å². The van der Waals surface area contributed by atoms with Gasteiger partial charge in [0.25, 0.3) is 0 Å². The lowest BCUT2D eigenvalue weighted by atomic mass is 9.99. The van der Waals surface area contributed by atoms with Gasteiger partial charge in [0.1, 0.15) is 78.3 Å². The molecule has 0 spiro atoms. The molecule has 1 aliphatic rings. The van der Waals surface area contributed by atoms with Gasteiger partial charge in [0.05, 0.1) is 32.0 Å². The second-order valence-corrected chi connectivity index (χ2v) is 30.0. The van der Waals surface area contributed by atoms with E-state index in [0.717, 1.165) is 4.90 Å². The van der Waals surface area contributed by atoms with E-state index in [0.29, 0.717) is 42.6 Å². The van der Waals surface area contributed by atoms with Gasteiger partial charge in [0.15, 0.2) is 0 Å². The van der Waals surface area contributed by atoms with Crippen LogP contribution in [0, 0.1) is 11.8 Å². The third-order valence-corrected chi connectivity index (χ3v) is 19.3. The van der Waals surface area contributed by atoms with Crippen LogP contribution in [0.25, 0.3) is 0 Å². The summed E-state index contributed by atoms with van der Waals surface area (Å²) >= 11 is 2.60. The molecule has 0 radical (unpaired) electrons. The summed E-state index contributed by atoms with van der Waals surface area (Å²) in [6, 6.07) is -4.97. The number of likely N-dealkylation sites (tertiary alicyclic amines) is 1. The maximum Gasteiger partial charge on any atom is 0.326 e. The van der Waals surface area contributed by atoms with Crippen molar-refractivity contribution in [3.8, 4) is 5.75 Å². The third kappa shape index (κ3) is 33.2. The van der Waals surface area contributed by atoms with E-state index in [1.54, 1.807) is 70.5 Å². The molecule has 1 aromatic heterocycles. The number of carbonyl (C=O) groups is 14. The number of nitrogens with one attached hydrogen (secondary N) is 12. The standard InChI is InChI=1S/C73H113N17O19S2/c1-41(2)31-52(65(100)82-51(73(108)109)18-11-13-27-75)83-66(101)53(32-42(3)4)84-70(105)58(39-92)88-62(97)48(17-10-12-26-74)79-63(98)49(24-29-110-5)80-64(99)50(25-30-111-6)81-69(104)57(38-91)89-68(103)54(34-44-20-22-46(93)23-21-44)85-67(102)55(33-43-15-8-7-9-16-43)86-71(106)59-19-14-28-90(59)72(107)56(36-60(94)95)87-61(96)47(76)35-45-37-77-40-78-45/h7-9,15-16,20-23,37,40-42,47-59,91-93H,10-14,17-19,24-36,38-39,74-76H2,1-6H3,(H,77,78)(H,79,98)(H,80,99)(H,81,104)(H,82,100)(H,83,101)(H,84,105)(H,85,102)(H,86,106)(H,87,96)(H,88,97)(H,89,103)(H,94,95)(H,108,109)/t47-,48-,49-,50-,51-,52-,53-,54-,55-,56-,57-,58-,59-/m0/s1. The number of thioether (sulfide) groups is 2. The highest BCUT2D eigenvalue weighted by atomic mass is 32.2. The molecule has 3 aromatic rings. The van der Waals surface area contributed by atoms with Gasteiger partial charge in [0, 0.05) is 37.7 Å². The van der Waals surface area contributed by atoms with E-state index in [2.05, 4.69) is 68.5 Å². The van der Waals surface area contributed by atoms with Crippen LogP contribution in [0.1, 0.15) is 128 Å². The molecule has 12 amide bonds. The fourth-order valence-electron chi connectivity index (χ4n) is 12.1. The van der Waals surface area contributed by atoms with Crippen molar-refractivity contribution in [2.75, 3.05) is 56.9 Å². The average Bonchev–Trinajstić information content (AvgIpc) is 1.72. The summed E-state index contributed by atoms with van der Waals surface area (Å²) in [6.07, 6.45) is 6.77. The topological polar surface area (TPSA) is 582 Å². The van der Waals surface area contributed by atoms with E-state index in [1.165, 1.54) is 60.3 Å². The van der Waals surface area contributed by atoms with E-state index in [1.807, 2.05) is 0 Å². The maximum atomic E-state index is 14.8. The molecule has 111 heavy (non-hydrogen) atoms. The summed E-state index contributed by atoms with van der Waals surface area (Å²) in [4.78, 5) is 203. The van der Waals surface area contributed by atoms with Crippen LogP contribution in [-0.2, 0) is 86.4 Å². The average molecular weight is 1600 g/mol. The molecule has 1 saturated heterocycles. The van der Waals surface area contributed by atoms with Crippen LogP contribution in [0.4, 0.5) is 0 Å². The molecule has 1 fully saturated rings. The highest BCUT2D eigenvalue weighted by Gasteiger charge is 2.42. The maximum absolute atomic E-state index is 14.8. The number of aliphatic carboxylic acids is 2. The van der Waals surface area contributed by atoms with Gasteiger partial charge in [-0.1, -0.05) is 70.2 Å². The lowest BCUT2D eigenvalue weighted by molar-refractivity contribution is -0.146. The molecule has 0 saturated carbocycles. The van der Waals surface area contributed by atoms with Crippen LogP contribution >= 0.6 is 23.5 Å². The number of aromatic hydroxyl groups is 1. The lowest BCUT2D eigenvalue weighted by Gasteiger charge is -2.30. The Morgan fingerprint density at radius 3 is 1.35 bits per heavy atom. The number of carboxylic acid groups (broad SMARTS) is 2. The molecule has 0 unspecified atom stereocenters. The summed E-state index contributed by atoms with van der Waals surface area (Å²) < 4.78 is 0. The Bertz CT molecular complexity index is 3510. The number of nitrogens with two attached hydrogens (primary N) is 3. The van der Waals surface area contributed by atoms with Crippen LogP contribution in [0.15, 0.2) is 67.1 Å². The lowest BCUT2D eigenvalue weighted by Crippen LogP contribution is -2.61. The van der Waals surface area contributed by atoms with Gasteiger partial charge >= 0.3 is 11.9 Å². The number of nitrogens with zero attached hydrogens (tertiary/aromatic N) is 2. The van der Waals surface area contributed by atoms with Gasteiger partial charge < -0.3 is 111 Å². The molecule has 0 bridgehead atoms. The van der Waals surface area contributed by atoms with E-state index < -0.39 is 181 Å². The zero-order valence-electron chi connectivity index (χ0n) is 63.7. The van der Waals surface area contributed by atoms with E-state index in [9.17, 15) is 92.7 Å². The van der Waals surface area contributed by atoms with Gasteiger partial charge in [-0.3, -0.25) is 62.3 Å². The van der Waals surface area contributed by atoms with E-state index >= 15 is 0 Å². The van der Waals surface area contributed by atoms with Crippen LogP contribution < -0.4 is 75.7 Å². The number of amides is 12. The Morgan fingerprint density at radius 2 is 0.910 bits per heavy atom. The SMILES string of the molecule is CSCC[C@H](NC(=O)[C@H](CCSC)NC(=O)[C@H](CO)NC(=O)[C@H](Cc1ccc(O)cc1)NC(=O)[C@H](Cc1ccccc1)NC(=O)[C@@H]1CCCN1C(=O)[C@H](CC(=O)O)NC(=O)[C@@H](N)Cc1cnc[nH]1)C(=O)N[C@@H](CCCCN)C(=O)N[C@@H](CO)C(=O)N[C@@H](CC(C)C)C(=O)N[C@@H](CC(C)C)C(=O)N[C@@H](CCCCN)C(=O)O. The minimum Gasteiger partial charge on any atom is -0.508 e. The first-order valence-electron chi connectivity index (χ1n) is 37.1. The highest BCUT2D eigenvalue weighted by molar-refractivity contribution is 7.98. The predicted octanol–water partition coefficient (Wildman–Crippen LogP) is -2.81. The summed E-state index contributed by atoms with van der Waals surface area (Å²) in [6.45, 7) is 5.51. The third-order valence-electron chi connectivity index (χ3n) is 18.0. The largest absolute Gasteiger partial charge is 0.508 e. The molecule has 616 valence electrons. The van der Waals surface area contributed by atoms with Gasteiger partial charge in [-0.2, -0.15) is 23.5 Å². The Kier molecular flexibility index (Phi) is 42.1. The molecule has 4 rings (SSSR count). The second kappa shape index (κ2) is 49.7. The van der Waals surface area contributed by atoms with Crippen molar-refractivity contribution in [3.05, 3.63) is 83.9 Å². The zero-order valence-corrected chi connectivity index (χ0v) is 65.3. The fourth-order valence-corrected chi connectivity index (χ4v) is 13.0. The molecule has 13 atom stereocenters. The van der Waals surface area contributed by atoms with E-state index in [-0.39, 0.29) is 119 Å². The van der Waals surface area contributed by atoms with Gasteiger partial charge in [0.2, 0.25) is 70.9 Å². The Labute approximate surface area is 653 Å². The number of hydrogen-bond donors (Lipinski definition) is 20. The minimum atomic E-state index is -1.82. The number of aromatic amines is 1. The first-order valence-corrected chi connectivity index (χ1v) is 39.9. The number of rotatable bonds is 52. The number of imidazole rings is 1. The molecule has 36 nitrogen and oxygen atoms in total. The van der Waals surface area contributed by atoms with Crippen molar-refractivity contribution < 1.29 is 92.7 Å². The number of H-pyrrole nitrogens is 1. The molecular weight excluding hydrogens is 1480 g/mol. The first-order chi connectivity index (χ1) is 52.9. The summed E-state index contributed by atoms with van der Waals surface area (Å²) in [5, 5.41) is 79.5. The molecular formula is C73H113N17O19S2. The van der Waals surface area contributed by atoms with E-state index in [4.69, 9.17) is 17.2 Å². The zero-order chi connectivity index (χ0) is 82.3. The number of phenols is 1. The van der Waals surface area contributed by atoms with Crippen molar-refractivity contribution >= 4 is 106 Å². The van der Waals surface area contributed by atoms with Crippen molar-refractivity contribution in [3.63, 3.8) is 0 Å². The molecule has 1 aliphatic heterocycles. The number of unbranched alkanes of at least 4 members (excludes halogenated alkanes) is 2. The van der Waals surface area contributed by atoms with Crippen LogP contribution in [-0.4, -0.2) is 259 Å². The summed E-state index contributed by atoms with van der Waals surface area (Å²) in [5.41, 5.74) is 18.9. The first kappa shape index (κ1) is 93.9. The quantitative estimate of drug-likeness (QED) is 0.0254. The molecule has 0 aliphatic carbocycles. The van der Waals surface area contributed by atoms with Crippen molar-refractivity contribution in [2.24, 2.45) is 29.0 Å². The number of hydrogen-bond acceptors (Lipinski definition) is 23.